The summed E-state index contributed by atoms with van der Waals surface area (Å²) in [6.07, 6.45) is 0. The molecule has 1 aromatic heterocycles. The van der Waals surface area contributed by atoms with E-state index < -0.39 is 0 Å². The molecule has 0 aliphatic heterocycles. The molecule has 2 N–H and O–H groups in total. The fourth-order valence-electron chi connectivity index (χ4n) is 1.96. The Balaban J connectivity index is 1.94. The predicted molar refractivity (Wildman–Crippen MR) is 78.6 cm³/mol. The van der Waals surface area contributed by atoms with E-state index in [-0.39, 0.29) is 0 Å². The lowest BCUT2D eigenvalue weighted by atomic mass is 10.1. The number of nitrogens with two attached hydrogens (primary N) is 1. The maximum Gasteiger partial charge on any atom is 0.0331 e. The smallest absolute Gasteiger partial charge is 0.0331 e. The molecule has 0 fully saturated rings. The van der Waals surface area contributed by atoms with Crippen LogP contribution in [0.4, 0.5) is 0 Å². The maximum atomic E-state index is 5.60. The molecule has 0 radical (unpaired) electrons. The van der Waals surface area contributed by atoms with Crippen molar-refractivity contribution >= 4 is 11.3 Å². The Kier molecular flexibility index (Phi) is 4.53. The number of thiophene rings is 1. The van der Waals surface area contributed by atoms with Gasteiger partial charge in [-0.05, 0) is 42.1 Å². The number of hydrogen-bond donors (Lipinski definition) is 1. The molecule has 2 nitrogen and oxygen atoms in total. The number of hydrogen-bond acceptors (Lipinski definition) is 3. The Morgan fingerprint density at radius 1 is 1.06 bits per heavy atom. The molecule has 96 valence electrons. The largest absolute Gasteiger partial charge is 0.326 e. The fraction of sp³-hybridized carbons (Fsp3) is 0.333. The topological polar surface area (TPSA) is 29.3 Å². The first-order chi connectivity index (χ1) is 8.69. The summed E-state index contributed by atoms with van der Waals surface area (Å²) in [6.45, 7) is 4.78. The highest BCUT2D eigenvalue weighted by Crippen LogP contribution is 2.18. The first-order valence-corrected chi connectivity index (χ1v) is 7.06. The molecular weight excluding hydrogens is 240 g/mol. The summed E-state index contributed by atoms with van der Waals surface area (Å²) >= 11 is 1.84. The molecule has 2 aromatic rings. The van der Waals surface area contributed by atoms with Crippen LogP contribution in [0.15, 0.2) is 35.7 Å². The number of nitrogens with zero attached hydrogens (tertiary/aromatic N) is 1. The summed E-state index contributed by atoms with van der Waals surface area (Å²) in [6, 6.07) is 10.7. The third kappa shape index (κ3) is 3.42. The summed E-state index contributed by atoms with van der Waals surface area (Å²) in [7, 11) is 2.16. The second-order valence-electron chi connectivity index (χ2n) is 4.72. The molecule has 0 unspecified atom stereocenters. The lowest BCUT2D eigenvalue weighted by Gasteiger charge is -2.16. The molecule has 0 saturated carbocycles. The van der Waals surface area contributed by atoms with Crippen LogP contribution in [0.1, 0.15) is 21.6 Å². The van der Waals surface area contributed by atoms with E-state index in [0.29, 0.717) is 6.54 Å². The molecule has 2 rings (SSSR count). The molecule has 0 aliphatic rings. The molecule has 0 atom stereocenters. The van der Waals surface area contributed by atoms with E-state index in [0.717, 1.165) is 13.1 Å². The molecule has 0 amide bonds. The normalized spacial score (nSPS) is 11.1. The number of rotatable bonds is 5. The summed E-state index contributed by atoms with van der Waals surface area (Å²) in [4.78, 5) is 3.80. The van der Waals surface area contributed by atoms with Crippen molar-refractivity contribution < 1.29 is 0 Å². The van der Waals surface area contributed by atoms with Gasteiger partial charge in [-0.2, -0.15) is 0 Å². The van der Waals surface area contributed by atoms with E-state index in [1.165, 1.54) is 21.6 Å². The minimum Gasteiger partial charge on any atom is -0.326 e. The van der Waals surface area contributed by atoms with Gasteiger partial charge in [0.05, 0.1) is 0 Å². The van der Waals surface area contributed by atoms with Crippen molar-refractivity contribution in [3.05, 3.63) is 57.3 Å². The molecular formula is C15H20N2S. The second-order valence-corrected chi connectivity index (χ2v) is 5.72. The highest BCUT2D eigenvalue weighted by atomic mass is 32.1. The number of benzene rings is 1. The highest BCUT2D eigenvalue weighted by molar-refractivity contribution is 7.10. The van der Waals surface area contributed by atoms with Crippen LogP contribution < -0.4 is 5.73 Å². The molecule has 0 bridgehead atoms. The second kappa shape index (κ2) is 6.14. The van der Waals surface area contributed by atoms with Crippen LogP contribution in [0, 0.1) is 6.92 Å². The summed E-state index contributed by atoms with van der Waals surface area (Å²) < 4.78 is 0. The molecule has 3 heteroatoms. The Hall–Kier alpha value is -1.16. The van der Waals surface area contributed by atoms with Crippen LogP contribution in [-0.4, -0.2) is 11.9 Å². The zero-order valence-electron chi connectivity index (χ0n) is 11.0. The quantitative estimate of drug-likeness (QED) is 0.895. The lowest BCUT2D eigenvalue weighted by Crippen LogP contribution is -2.17. The van der Waals surface area contributed by atoms with Gasteiger partial charge >= 0.3 is 0 Å². The number of aryl methyl sites for hydroxylation is 1. The van der Waals surface area contributed by atoms with Gasteiger partial charge in [0.1, 0.15) is 0 Å². The third-order valence-corrected chi connectivity index (χ3v) is 4.10. The monoisotopic (exact) mass is 260 g/mol. The minimum absolute atomic E-state index is 0.616. The van der Waals surface area contributed by atoms with Crippen LogP contribution >= 0.6 is 11.3 Å². The van der Waals surface area contributed by atoms with Crippen LogP contribution in [0.25, 0.3) is 0 Å². The van der Waals surface area contributed by atoms with Crippen LogP contribution in [0.5, 0.6) is 0 Å². The summed E-state index contributed by atoms with van der Waals surface area (Å²) in [5.74, 6) is 0. The van der Waals surface area contributed by atoms with Crippen LogP contribution in [-0.2, 0) is 19.6 Å². The van der Waals surface area contributed by atoms with Gasteiger partial charge in [-0.3, -0.25) is 4.90 Å². The fourth-order valence-corrected chi connectivity index (χ4v) is 2.94. The molecule has 0 spiro atoms. The SMILES string of the molecule is Cc1ccsc1CN(C)Cc1ccc(CN)cc1. The maximum absolute atomic E-state index is 5.60. The minimum atomic E-state index is 0.616. The Labute approximate surface area is 113 Å². The van der Waals surface area contributed by atoms with E-state index in [1.807, 2.05) is 11.3 Å². The standard InChI is InChI=1S/C15H20N2S/c1-12-7-8-18-15(12)11-17(2)10-14-5-3-13(9-16)4-6-14/h3-8H,9-11,16H2,1-2H3. The Morgan fingerprint density at radius 2 is 1.72 bits per heavy atom. The van der Waals surface area contributed by atoms with Crippen molar-refractivity contribution in [3.63, 3.8) is 0 Å². The van der Waals surface area contributed by atoms with Gasteiger partial charge in [0, 0.05) is 24.5 Å². The van der Waals surface area contributed by atoms with Crippen molar-refractivity contribution in [1.82, 2.24) is 4.90 Å². The van der Waals surface area contributed by atoms with Crippen molar-refractivity contribution in [3.8, 4) is 0 Å². The zero-order valence-corrected chi connectivity index (χ0v) is 11.8. The lowest BCUT2D eigenvalue weighted by molar-refractivity contribution is 0.321. The van der Waals surface area contributed by atoms with E-state index in [1.54, 1.807) is 0 Å². The zero-order chi connectivity index (χ0) is 13.0. The molecule has 1 heterocycles. The van der Waals surface area contributed by atoms with Gasteiger partial charge < -0.3 is 5.73 Å². The van der Waals surface area contributed by atoms with Gasteiger partial charge in [0.25, 0.3) is 0 Å². The molecule has 18 heavy (non-hydrogen) atoms. The average molecular weight is 260 g/mol. The van der Waals surface area contributed by atoms with E-state index in [4.69, 9.17) is 5.73 Å². The van der Waals surface area contributed by atoms with Gasteiger partial charge in [-0.25, -0.2) is 0 Å². The molecule has 1 aromatic carbocycles. The van der Waals surface area contributed by atoms with Crippen molar-refractivity contribution in [2.24, 2.45) is 5.73 Å². The van der Waals surface area contributed by atoms with E-state index in [9.17, 15) is 0 Å². The summed E-state index contributed by atoms with van der Waals surface area (Å²) in [5, 5.41) is 2.16. The van der Waals surface area contributed by atoms with Crippen LogP contribution in [0.3, 0.4) is 0 Å². The predicted octanol–water partition coefficient (Wildman–Crippen LogP) is 3.15. The highest BCUT2D eigenvalue weighted by Gasteiger charge is 2.05. The Bertz CT molecular complexity index is 487. The van der Waals surface area contributed by atoms with Gasteiger partial charge in [0.2, 0.25) is 0 Å². The van der Waals surface area contributed by atoms with Crippen molar-refractivity contribution in [2.45, 2.75) is 26.6 Å². The van der Waals surface area contributed by atoms with E-state index in [2.05, 4.69) is 54.6 Å². The van der Waals surface area contributed by atoms with E-state index >= 15 is 0 Å². The van der Waals surface area contributed by atoms with Gasteiger partial charge in [-0.15, -0.1) is 11.3 Å². The van der Waals surface area contributed by atoms with Crippen LogP contribution in [0.2, 0.25) is 0 Å². The summed E-state index contributed by atoms with van der Waals surface area (Å²) in [5.41, 5.74) is 9.52. The molecule has 0 aliphatic carbocycles. The average Bonchev–Trinajstić information content (AvgIpc) is 2.76. The Morgan fingerprint density at radius 3 is 2.28 bits per heavy atom. The van der Waals surface area contributed by atoms with Gasteiger partial charge in [-0.1, -0.05) is 24.3 Å². The van der Waals surface area contributed by atoms with Gasteiger partial charge in [0.15, 0.2) is 0 Å². The van der Waals surface area contributed by atoms with Crippen molar-refractivity contribution in [2.75, 3.05) is 7.05 Å². The van der Waals surface area contributed by atoms with Crippen molar-refractivity contribution in [1.29, 1.82) is 0 Å². The third-order valence-electron chi connectivity index (χ3n) is 3.09. The first-order valence-electron chi connectivity index (χ1n) is 6.18. The first kappa shape index (κ1) is 13.3. The molecule has 0 saturated heterocycles.